The fourth-order valence-electron chi connectivity index (χ4n) is 4.09. The molecular formula is C21H34O8. The molecule has 1 N–H and O–H groups in total. The number of hydrogen-bond donors (Lipinski definition) is 1. The van der Waals surface area contributed by atoms with Gasteiger partial charge in [0.1, 0.15) is 18.3 Å². The van der Waals surface area contributed by atoms with Gasteiger partial charge in [0.25, 0.3) is 0 Å². The Labute approximate surface area is 172 Å². The predicted octanol–water partition coefficient (Wildman–Crippen LogP) is 2.14. The summed E-state index contributed by atoms with van der Waals surface area (Å²) in [4.78, 5) is 12.1. The van der Waals surface area contributed by atoms with E-state index in [0.717, 1.165) is 5.57 Å². The summed E-state index contributed by atoms with van der Waals surface area (Å²) in [5.41, 5.74) is 0.361. The second kappa shape index (κ2) is 7.59. The number of rotatable bonds is 4. The molecule has 29 heavy (non-hydrogen) atoms. The van der Waals surface area contributed by atoms with Crippen molar-refractivity contribution in [3.8, 4) is 0 Å². The number of hydrogen-bond acceptors (Lipinski definition) is 8. The molecule has 0 bridgehead atoms. The number of aliphatic hydroxyl groups excluding tert-OH is 1. The van der Waals surface area contributed by atoms with E-state index in [4.69, 9.17) is 28.4 Å². The molecule has 3 aliphatic heterocycles. The number of ether oxygens (including phenoxy) is 6. The van der Waals surface area contributed by atoms with E-state index in [-0.39, 0.29) is 6.10 Å². The van der Waals surface area contributed by atoms with Gasteiger partial charge in [-0.3, -0.25) is 0 Å². The molecule has 3 saturated heterocycles. The molecule has 3 rings (SSSR count). The Kier molecular flexibility index (Phi) is 5.92. The van der Waals surface area contributed by atoms with Crippen LogP contribution in [-0.4, -0.2) is 67.1 Å². The van der Waals surface area contributed by atoms with Gasteiger partial charge in [-0.25, -0.2) is 4.79 Å². The Balaban J connectivity index is 1.98. The van der Waals surface area contributed by atoms with Gasteiger partial charge in [-0.2, -0.15) is 0 Å². The SMILES string of the molecule is COC(=O)[C@H](O)[C@@H](/C=C1\[C@H]2OC(C)(C)O[C@H]2O[C@@H]1[C@H]1COC(C)(C)O1)C(C)(C)C. The van der Waals surface area contributed by atoms with E-state index in [0.29, 0.717) is 6.61 Å². The fraction of sp³-hybridized carbons (Fsp3) is 0.857. The van der Waals surface area contributed by atoms with Gasteiger partial charge in [0, 0.05) is 5.92 Å². The highest BCUT2D eigenvalue weighted by Gasteiger charge is 2.56. The fourth-order valence-corrected chi connectivity index (χ4v) is 4.09. The second-order valence-electron chi connectivity index (χ2n) is 9.87. The summed E-state index contributed by atoms with van der Waals surface area (Å²) in [7, 11) is 1.26. The zero-order chi connectivity index (χ0) is 21.8. The summed E-state index contributed by atoms with van der Waals surface area (Å²) in [5, 5.41) is 10.7. The summed E-state index contributed by atoms with van der Waals surface area (Å²) >= 11 is 0. The molecule has 8 nitrogen and oxygen atoms in total. The van der Waals surface area contributed by atoms with Crippen LogP contribution in [0.3, 0.4) is 0 Å². The zero-order valence-corrected chi connectivity index (χ0v) is 18.6. The molecule has 0 spiro atoms. The minimum Gasteiger partial charge on any atom is -0.467 e. The average Bonchev–Trinajstić information content (AvgIpc) is 3.19. The second-order valence-corrected chi connectivity index (χ2v) is 9.87. The largest absolute Gasteiger partial charge is 0.467 e. The molecule has 0 aliphatic carbocycles. The van der Waals surface area contributed by atoms with E-state index in [9.17, 15) is 9.90 Å². The summed E-state index contributed by atoms with van der Waals surface area (Å²) < 4.78 is 34.7. The van der Waals surface area contributed by atoms with Gasteiger partial charge in [-0.05, 0) is 38.7 Å². The molecular weight excluding hydrogens is 380 g/mol. The van der Waals surface area contributed by atoms with Crippen molar-refractivity contribution in [1.29, 1.82) is 0 Å². The summed E-state index contributed by atoms with van der Waals surface area (Å²) in [6, 6.07) is 0. The van der Waals surface area contributed by atoms with Crippen molar-refractivity contribution in [2.75, 3.05) is 13.7 Å². The third-order valence-electron chi connectivity index (χ3n) is 5.52. The quantitative estimate of drug-likeness (QED) is 0.553. The van der Waals surface area contributed by atoms with Crippen molar-refractivity contribution in [2.24, 2.45) is 11.3 Å². The van der Waals surface area contributed by atoms with Crippen molar-refractivity contribution < 1.29 is 38.3 Å². The van der Waals surface area contributed by atoms with Crippen LogP contribution in [0.25, 0.3) is 0 Å². The van der Waals surface area contributed by atoms with E-state index >= 15 is 0 Å². The lowest BCUT2D eigenvalue weighted by Crippen LogP contribution is -2.39. The first-order chi connectivity index (χ1) is 13.2. The van der Waals surface area contributed by atoms with Crippen LogP contribution < -0.4 is 0 Å². The van der Waals surface area contributed by atoms with Gasteiger partial charge in [-0.1, -0.05) is 26.8 Å². The minimum atomic E-state index is -1.32. The first-order valence-corrected chi connectivity index (χ1v) is 10.0. The number of fused-ring (bicyclic) bond motifs is 1. The topological polar surface area (TPSA) is 92.7 Å². The maximum Gasteiger partial charge on any atom is 0.335 e. The van der Waals surface area contributed by atoms with Crippen LogP contribution in [0.4, 0.5) is 0 Å². The number of aliphatic hydroxyl groups is 1. The van der Waals surface area contributed by atoms with Crippen LogP contribution in [0.1, 0.15) is 48.5 Å². The van der Waals surface area contributed by atoms with E-state index in [2.05, 4.69) is 0 Å². The van der Waals surface area contributed by atoms with Gasteiger partial charge in [0.2, 0.25) is 0 Å². The van der Waals surface area contributed by atoms with Gasteiger partial charge >= 0.3 is 5.97 Å². The van der Waals surface area contributed by atoms with Gasteiger partial charge < -0.3 is 33.5 Å². The number of esters is 1. The highest BCUT2D eigenvalue weighted by molar-refractivity contribution is 5.75. The standard InChI is InChI=1S/C21H34O8/c1-19(2,3)12(14(22)17(23)24-8)9-11-15(13-10-25-20(4,5)27-13)26-18-16(11)28-21(6,7)29-18/h9,12-16,18,22H,10H2,1-8H3/b11-9-/t12-,13-,14-,15+,16-,18-/m1/s1. The van der Waals surface area contributed by atoms with Crippen molar-refractivity contribution in [1.82, 2.24) is 0 Å². The average molecular weight is 414 g/mol. The number of methoxy groups -OCH3 is 1. The molecule has 0 radical (unpaired) electrons. The Morgan fingerprint density at radius 1 is 1.14 bits per heavy atom. The molecule has 3 aliphatic rings. The van der Waals surface area contributed by atoms with Crippen LogP contribution in [-0.2, 0) is 33.2 Å². The van der Waals surface area contributed by atoms with Crippen LogP contribution >= 0.6 is 0 Å². The lowest BCUT2D eigenvalue weighted by molar-refractivity contribution is -0.215. The third-order valence-corrected chi connectivity index (χ3v) is 5.52. The van der Waals surface area contributed by atoms with Crippen LogP contribution in [0.15, 0.2) is 11.6 Å². The Morgan fingerprint density at radius 3 is 2.31 bits per heavy atom. The molecule has 0 saturated carbocycles. The normalized spacial score (nSPS) is 36.8. The minimum absolute atomic E-state index is 0.354. The Hall–Kier alpha value is -1.03. The van der Waals surface area contributed by atoms with Crippen molar-refractivity contribution >= 4 is 5.97 Å². The van der Waals surface area contributed by atoms with E-state index < -0.39 is 53.5 Å². The first kappa shape index (κ1) is 22.7. The van der Waals surface area contributed by atoms with Crippen molar-refractivity contribution in [2.45, 2.75) is 90.7 Å². The molecule has 0 aromatic rings. The van der Waals surface area contributed by atoms with Gasteiger partial charge in [0.05, 0.1) is 13.7 Å². The lowest BCUT2D eigenvalue weighted by atomic mass is 9.75. The van der Waals surface area contributed by atoms with E-state index in [1.54, 1.807) is 0 Å². The Morgan fingerprint density at radius 2 is 1.79 bits per heavy atom. The summed E-state index contributed by atoms with van der Waals surface area (Å²) in [6.45, 7) is 13.6. The maximum absolute atomic E-state index is 12.1. The number of carbonyl (C=O) groups is 1. The van der Waals surface area contributed by atoms with Crippen LogP contribution in [0.2, 0.25) is 0 Å². The highest BCUT2D eigenvalue weighted by Crippen LogP contribution is 2.45. The van der Waals surface area contributed by atoms with Crippen molar-refractivity contribution in [3.05, 3.63) is 11.6 Å². The highest BCUT2D eigenvalue weighted by atomic mass is 16.8. The summed E-state index contributed by atoms with van der Waals surface area (Å²) in [6.07, 6.45) is -1.33. The summed E-state index contributed by atoms with van der Waals surface area (Å²) in [5.74, 6) is -2.73. The molecule has 0 aromatic heterocycles. The molecule has 6 atom stereocenters. The van der Waals surface area contributed by atoms with E-state index in [1.807, 2.05) is 54.5 Å². The van der Waals surface area contributed by atoms with E-state index in [1.165, 1.54) is 7.11 Å². The molecule has 166 valence electrons. The lowest BCUT2D eigenvalue weighted by Gasteiger charge is -2.33. The zero-order valence-electron chi connectivity index (χ0n) is 18.6. The van der Waals surface area contributed by atoms with Crippen LogP contribution in [0.5, 0.6) is 0 Å². The maximum atomic E-state index is 12.1. The number of carbonyl (C=O) groups excluding carboxylic acids is 1. The van der Waals surface area contributed by atoms with Gasteiger partial charge in [-0.15, -0.1) is 0 Å². The molecule has 8 heteroatoms. The van der Waals surface area contributed by atoms with Crippen LogP contribution in [0, 0.1) is 11.3 Å². The van der Waals surface area contributed by atoms with Gasteiger partial charge in [0.15, 0.2) is 24.0 Å². The van der Waals surface area contributed by atoms with Crippen molar-refractivity contribution in [3.63, 3.8) is 0 Å². The third kappa shape index (κ3) is 4.68. The Bertz CT molecular complexity index is 662. The molecule has 0 amide bonds. The smallest absolute Gasteiger partial charge is 0.335 e. The monoisotopic (exact) mass is 414 g/mol. The molecule has 3 heterocycles. The molecule has 0 aromatic carbocycles. The molecule has 0 unspecified atom stereocenters. The molecule has 3 fully saturated rings. The predicted molar refractivity (Wildman–Crippen MR) is 103 cm³/mol. The first-order valence-electron chi connectivity index (χ1n) is 10.0.